The number of aromatic nitrogens is 1. The topological polar surface area (TPSA) is 57.0 Å². The van der Waals surface area contributed by atoms with Crippen LogP contribution in [-0.4, -0.2) is 37.9 Å². The minimum atomic E-state index is 0.243. The van der Waals surface area contributed by atoms with Crippen molar-refractivity contribution in [2.24, 2.45) is 0 Å². The predicted octanol–water partition coefficient (Wildman–Crippen LogP) is 4.16. The van der Waals surface area contributed by atoms with Crippen LogP contribution in [0.4, 0.5) is 0 Å². The first-order valence-electron chi connectivity index (χ1n) is 9.06. The van der Waals surface area contributed by atoms with Crippen molar-refractivity contribution in [1.82, 2.24) is 10.1 Å². The lowest BCUT2D eigenvalue weighted by atomic mass is 10.1. The molecule has 0 radical (unpaired) electrons. The molecule has 0 bridgehead atoms. The molecule has 6 heteroatoms. The van der Waals surface area contributed by atoms with Gasteiger partial charge >= 0.3 is 0 Å². The van der Waals surface area contributed by atoms with Crippen molar-refractivity contribution >= 4 is 0 Å². The molecule has 0 saturated carbocycles. The van der Waals surface area contributed by atoms with Gasteiger partial charge in [0.2, 0.25) is 0 Å². The number of benzene rings is 1. The molecule has 6 nitrogen and oxygen atoms in total. The number of hydrogen-bond donors (Lipinski definition) is 0. The molecule has 0 aliphatic carbocycles. The number of nitrogens with zero attached hydrogens (tertiary/aromatic N) is 2. The summed E-state index contributed by atoms with van der Waals surface area (Å²) in [6.07, 6.45) is 2.21. The first-order valence-corrected chi connectivity index (χ1v) is 9.06. The van der Waals surface area contributed by atoms with Gasteiger partial charge in [0.1, 0.15) is 5.75 Å². The number of hydrogen-bond acceptors (Lipinski definition) is 6. The second kappa shape index (κ2) is 7.99. The van der Waals surface area contributed by atoms with E-state index in [9.17, 15) is 0 Å². The third-order valence-corrected chi connectivity index (χ3v) is 4.99. The van der Waals surface area contributed by atoms with Crippen molar-refractivity contribution in [1.29, 1.82) is 0 Å². The smallest absolute Gasteiger partial charge is 0.164 e. The maximum absolute atomic E-state index is 5.65. The van der Waals surface area contributed by atoms with E-state index in [0.29, 0.717) is 17.4 Å². The van der Waals surface area contributed by atoms with Crippen LogP contribution in [0.25, 0.3) is 0 Å². The van der Waals surface area contributed by atoms with Gasteiger partial charge in [0.05, 0.1) is 33.1 Å². The molecule has 1 aliphatic heterocycles. The third-order valence-electron chi connectivity index (χ3n) is 4.99. The lowest BCUT2D eigenvalue weighted by molar-refractivity contribution is 0.203. The monoisotopic (exact) mass is 360 g/mol. The SMILES string of the molecule is COc1cc(OC)c(OC)cc1CN1CCC[C@@H]1c1cc(C(C)C)no1. The first-order chi connectivity index (χ1) is 12.6. The molecular formula is C20H28N2O4. The van der Waals surface area contributed by atoms with Crippen LogP contribution >= 0.6 is 0 Å². The Morgan fingerprint density at radius 2 is 1.77 bits per heavy atom. The Morgan fingerprint density at radius 1 is 1.08 bits per heavy atom. The molecule has 1 atom stereocenters. The first kappa shape index (κ1) is 18.6. The molecule has 2 heterocycles. The Kier molecular flexibility index (Phi) is 5.71. The van der Waals surface area contributed by atoms with Crippen molar-refractivity contribution in [3.8, 4) is 17.2 Å². The summed E-state index contributed by atoms with van der Waals surface area (Å²) >= 11 is 0. The summed E-state index contributed by atoms with van der Waals surface area (Å²) in [6.45, 7) is 6.02. The van der Waals surface area contributed by atoms with Crippen LogP contribution in [0.1, 0.15) is 55.7 Å². The molecule has 3 rings (SSSR count). The Bertz CT molecular complexity index is 741. The van der Waals surface area contributed by atoms with Crippen LogP contribution in [0.15, 0.2) is 22.7 Å². The Labute approximate surface area is 155 Å². The third kappa shape index (κ3) is 3.65. The molecule has 0 amide bonds. The minimum Gasteiger partial charge on any atom is -0.496 e. The number of ether oxygens (including phenoxy) is 3. The van der Waals surface area contributed by atoms with Gasteiger partial charge in [-0.05, 0) is 31.4 Å². The second-order valence-electron chi connectivity index (χ2n) is 6.96. The molecule has 0 spiro atoms. The highest BCUT2D eigenvalue weighted by Crippen LogP contribution is 2.39. The zero-order valence-corrected chi connectivity index (χ0v) is 16.2. The predicted molar refractivity (Wildman–Crippen MR) is 99.1 cm³/mol. The van der Waals surface area contributed by atoms with Crippen molar-refractivity contribution in [3.63, 3.8) is 0 Å². The summed E-state index contributed by atoms with van der Waals surface area (Å²) in [5.74, 6) is 3.50. The molecule has 0 N–H and O–H groups in total. The Hall–Kier alpha value is -2.21. The van der Waals surface area contributed by atoms with Crippen LogP contribution in [0.3, 0.4) is 0 Å². The maximum Gasteiger partial charge on any atom is 0.164 e. The number of likely N-dealkylation sites (tertiary alicyclic amines) is 1. The standard InChI is InChI=1S/C20H28N2O4/c1-13(2)15-10-18(26-21-15)16-7-6-8-22(16)12-14-9-19(24-4)20(25-5)11-17(14)23-3/h9-11,13,16H,6-8,12H2,1-5H3/t16-/m1/s1. The maximum atomic E-state index is 5.65. The van der Waals surface area contributed by atoms with Gasteiger partial charge in [0.25, 0.3) is 0 Å². The lowest BCUT2D eigenvalue weighted by Crippen LogP contribution is -2.22. The summed E-state index contributed by atoms with van der Waals surface area (Å²) in [5, 5.41) is 4.22. The fourth-order valence-electron chi connectivity index (χ4n) is 3.51. The van der Waals surface area contributed by atoms with E-state index in [1.165, 1.54) is 0 Å². The molecule has 142 valence electrons. The Morgan fingerprint density at radius 3 is 2.38 bits per heavy atom. The fraction of sp³-hybridized carbons (Fsp3) is 0.550. The molecule has 1 aromatic carbocycles. The molecule has 1 aliphatic rings. The quantitative estimate of drug-likeness (QED) is 0.739. The normalized spacial score (nSPS) is 17.7. The van der Waals surface area contributed by atoms with Gasteiger partial charge in [-0.25, -0.2) is 0 Å². The van der Waals surface area contributed by atoms with Crippen LogP contribution in [-0.2, 0) is 6.54 Å². The number of methoxy groups -OCH3 is 3. The summed E-state index contributed by atoms with van der Waals surface area (Å²) in [7, 11) is 4.95. The molecule has 1 saturated heterocycles. The van der Waals surface area contributed by atoms with Gasteiger partial charge in [0, 0.05) is 24.2 Å². The van der Waals surface area contributed by atoms with Gasteiger partial charge in [-0.2, -0.15) is 0 Å². The minimum absolute atomic E-state index is 0.243. The van der Waals surface area contributed by atoms with E-state index in [0.717, 1.165) is 48.7 Å². The highest BCUT2D eigenvalue weighted by atomic mass is 16.5. The van der Waals surface area contributed by atoms with Gasteiger partial charge in [0.15, 0.2) is 17.3 Å². The van der Waals surface area contributed by atoms with Crippen molar-refractivity contribution in [3.05, 3.63) is 35.2 Å². The summed E-state index contributed by atoms with van der Waals surface area (Å²) in [5.41, 5.74) is 2.08. The van der Waals surface area contributed by atoms with Gasteiger partial charge < -0.3 is 18.7 Å². The van der Waals surface area contributed by atoms with E-state index in [-0.39, 0.29) is 6.04 Å². The van der Waals surface area contributed by atoms with E-state index in [2.05, 4.69) is 30.0 Å². The van der Waals surface area contributed by atoms with Gasteiger partial charge in [-0.15, -0.1) is 0 Å². The molecule has 1 fully saturated rings. The van der Waals surface area contributed by atoms with Gasteiger partial charge in [-0.1, -0.05) is 19.0 Å². The molecule has 0 unspecified atom stereocenters. The highest BCUT2D eigenvalue weighted by molar-refractivity contribution is 5.50. The molecule has 26 heavy (non-hydrogen) atoms. The van der Waals surface area contributed by atoms with Crippen molar-refractivity contribution < 1.29 is 18.7 Å². The van der Waals surface area contributed by atoms with Crippen molar-refractivity contribution in [2.45, 2.75) is 45.2 Å². The van der Waals surface area contributed by atoms with Crippen LogP contribution in [0.5, 0.6) is 17.2 Å². The van der Waals surface area contributed by atoms with Crippen LogP contribution in [0, 0.1) is 0 Å². The second-order valence-corrected chi connectivity index (χ2v) is 6.96. The zero-order chi connectivity index (χ0) is 18.7. The largest absolute Gasteiger partial charge is 0.496 e. The molecule has 1 aromatic heterocycles. The summed E-state index contributed by atoms with van der Waals surface area (Å²) < 4.78 is 22.1. The lowest BCUT2D eigenvalue weighted by Gasteiger charge is -2.24. The average molecular weight is 360 g/mol. The van der Waals surface area contributed by atoms with Crippen molar-refractivity contribution in [2.75, 3.05) is 27.9 Å². The van der Waals surface area contributed by atoms with E-state index in [4.69, 9.17) is 18.7 Å². The zero-order valence-electron chi connectivity index (χ0n) is 16.2. The van der Waals surface area contributed by atoms with E-state index >= 15 is 0 Å². The van der Waals surface area contributed by atoms with Crippen LogP contribution in [0.2, 0.25) is 0 Å². The average Bonchev–Trinajstić information content (AvgIpc) is 3.30. The fourth-order valence-corrected chi connectivity index (χ4v) is 3.51. The van der Waals surface area contributed by atoms with E-state index < -0.39 is 0 Å². The number of rotatable bonds is 7. The highest BCUT2D eigenvalue weighted by Gasteiger charge is 2.30. The Balaban J connectivity index is 1.84. The van der Waals surface area contributed by atoms with Gasteiger partial charge in [-0.3, -0.25) is 4.90 Å². The molecule has 2 aromatic rings. The van der Waals surface area contributed by atoms with Crippen LogP contribution < -0.4 is 14.2 Å². The summed E-state index contributed by atoms with van der Waals surface area (Å²) in [4.78, 5) is 2.41. The van der Waals surface area contributed by atoms with E-state index in [1.54, 1.807) is 21.3 Å². The molecular weight excluding hydrogens is 332 g/mol. The van der Waals surface area contributed by atoms with E-state index in [1.807, 2.05) is 12.1 Å². The summed E-state index contributed by atoms with van der Waals surface area (Å²) in [6, 6.07) is 6.21.